The largest absolute Gasteiger partial charge is 0.479 e. The molecule has 3 N–H and O–H groups in total. The number of Topliss-reactive ketones (excluding diaryl/α,β-unsaturated/α-hetero) is 1. The highest BCUT2D eigenvalue weighted by Gasteiger charge is 2.24. The first-order valence-corrected chi connectivity index (χ1v) is 12.8. The molecule has 0 bridgehead atoms. The summed E-state index contributed by atoms with van der Waals surface area (Å²) in [7, 11) is 0. The molecule has 1 aliphatic carbocycles. The predicted molar refractivity (Wildman–Crippen MR) is 136 cm³/mol. The number of rotatable bonds is 10. The van der Waals surface area contributed by atoms with E-state index in [1.54, 1.807) is 37.3 Å². The maximum absolute atomic E-state index is 12.1. The Morgan fingerprint density at radius 2 is 1.78 bits per heavy atom. The zero-order valence-electron chi connectivity index (χ0n) is 21.3. The van der Waals surface area contributed by atoms with Crippen LogP contribution in [-0.2, 0) is 23.9 Å². The second kappa shape index (κ2) is 15.7. The van der Waals surface area contributed by atoms with Gasteiger partial charge >= 0.3 is 11.9 Å². The van der Waals surface area contributed by atoms with E-state index in [1.165, 1.54) is 37.3 Å². The van der Waals surface area contributed by atoms with Gasteiger partial charge in [-0.25, -0.2) is 4.79 Å². The smallest absolute Gasteiger partial charge is 0.330 e. The second-order valence-corrected chi connectivity index (χ2v) is 9.07. The molecule has 1 aromatic carbocycles. The molecule has 1 atom stereocenters. The van der Waals surface area contributed by atoms with Gasteiger partial charge < -0.3 is 20.1 Å². The number of nitrogens with one attached hydrogen (secondary N) is 2. The number of carboxylic acid groups (broad SMARTS) is 1. The van der Waals surface area contributed by atoms with Gasteiger partial charge in [0.25, 0.3) is 0 Å². The van der Waals surface area contributed by atoms with Crippen LogP contribution in [0.4, 0.5) is 0 Å². The first-order valence-electron chi connectivity index (χ1n) is 12.8. The Balaban J connectivity index is 0.000000255. The summed E-state index contributed by atoms with van der Waals surface area (Å²) in [5, 5.41) is 11.4. The van der Waals surface area contributed by atoms with Crippen molar-refractivity contribution in [2.45, 2.75) is 58.4 Å². The van der Waals surface area contributed by atoms with E-state index in [9.17, 15) is 19.2 Å². The summed E-state index contributed by atoms with van der Waals surface area (Å²) < 4.78 is 4.61. The van der Waals surface area contributed by atoms with Crippen molar-refractivity contribution in [3.8, 4) is 0 Å². The Morgan fingerprint density at radius 3 is 2.33 bits per heavy atom. The molecule has 36 heavy (non-hydrogen) atoms. The van der Waals surface area contributed by atoms with Gasteiger partial charge in [-0.05, 0) is 44.1 Å². The van der Waals surface area contributed by atoms with Gasteiger partial charge in [0.05, 0.1) is 19.7 Å². The van der Waals surface area contributed by atoms with Gasteiger partial charge in [-0.15, -0.1) is 0 Å². The average molecular weight is 500 g/mol. The summed E-state index contributed by atoms with van der Waals surface area (Å²) >= 11 is 0. The number of hydrogen-bond acceptors (Lipinski definition) is 5. The third kappa shape index (κ3) is 10.2. The molecule has 196 valence electrons. The summed E-state index contributed by atoms with van der Waals surface area (Å²) in [5.74, 6) is -1.32. The van der Waals surface area contributed by atoms with Crippen molar-refractivity contribution in [3.05, 3.63) is 59.7 Å². The van der Waals surface area contributed by atoms with Gasteiger partial charge in [-0.2, -0.15) is 0 Å². The number of hydrogen-bond donors (Lipinski definition) is 3. The molecule has 1 amide bonds. The van der Waals surface area contributed by atoms with Gasteiger partial charge in [0, 0.05) is 5.57 Å². The number of amides is 1. The van der Waals surface area contributed by atoms with Crippen LogP contribution in [-0.4, -0.2) is 55.0 Å². The Kier molecular flexibility index (Phi) is 12.6. The van der Waals surface area contributed by atoms with E-state index in [1.807, 2.05) is 6.08 Å². The Hall–Kier alpha value is -3.26. The zero-order chi connectivity index (χ0) is 26.3. The lowest BCUT2D eigenvalue weighted by atomic mass is 9.94. The molecule has 3 rings (SSSR count). The number of carboxylic acids is 1. The SMILES string of the molecule is CCC1CC[NH+](CC(=O)C2=CCCC=C2)CC1.CCOC(=O)CC(=O)NC(C(=O)O)c1ccccc1. The Morgan fingerprint density at radius 1 is 1.08 bits per heavy atom. The predicted octanol–water partition coefficient (Wildman–Crippen LogP) is 2.42. The van der Waals surface area contributed by atoms with Gasteiger partial charge in [0.2, 0.25) is 11.7 Å². The number of likely N-dealkylation sites (tertiary alicyclic amines) is 1. The molecule has 0 radical (unpaired) electrons. The highest BCUT2D eigenvalue weighted by Crippen LogP contribution is 2.14. The first kappa shape index (κ1) is 29.0. The van der Waals surface area contributed by atoms with Crippen LogP contribution in [0.2, 0.25) is 0 Å². The summed E-state index contributed by atoms with van der Waals surface area (Å²) in [5.41, 5.74) is 1.38. The molecular formula is C28H39N2O6+. The maximum Gasteiger partial charge on any atom is 0.330 e. The topological polar surface area (TPSA) is 114 Å². The first-order chi connectivity index (χ1) is 17.3. The van der Waals surface area contributed by atoms with Crippen LogP contribution in [0, 0.1) is 5.92 Å². The van der Waals surface area contributed by atoms with E-state index in [0.717, 1.165) is 24.3 Å². The van der Waals surface area contributed by atoms with Crippen molar-refractivity contribution in [2.24, 2.45) is 5.92 Å². The fraction of sp³-hybridized carbons (Fsp3) is 0.500. The van der Waals surface area contributed by atoms with E-state index in [2.05, 4.69) is 29.1 Å². The average Bonchev–Trinajstić information content (AvgIpc) is 2.89. The van der Waals surface area contributed by atoms with Crippen molar-refractivity contribution in [1.82, 2.24) is 5.32 Å². The van der Waals surface area contributed by atoms with Crippen LogP contribution < -0.4 is 10.2 Å². The lowest BCUT2D eigenvalue weighted by Crippen LogP contribution is -3.14. The van der Waals surface area contributed by atoms with Crippen LogP contribution in [0.15, 0.2) is 54.1 Å². The molecule has 2 aliphatic rings. The van der Waals surface area contributed by atoms with Crippen LogP contribution in [0.5, 0.6) is 0 Å². The van der Waals surface area contributed by atoms with E-state index in [0.29, 0.717) is 17.9 Å². The molecule has 1 aliphatic heterocycles. The zero-order valence-corrected chi connectivity index (χ0v) is 21.3. The molecular weight excluding hydrogens is 460 g/mol. The molecule has 8 nitrogen and oxygen atoms in total. The number of ketones is 1. The Bertz CT molecular complexity index is 933. The number of allylic oxidation sites excluding steroid dienone is 3. The van der Waals surface area contributed by atoms with Crippen molar-refractivity contribution in [3.63, 3.8) is 0 Å². The lowest BCUT2D eigenvalue weighted by molar-refractivity contribution is -0.898. The molecule has 0 saturated carbocycles. The maximum atomic E-state index is 12.1. The van der Waals surface area contributed by atoms with Crippen LogP contribution >= 0.6 is 0 Å². The quantitative estimate of drug-likeness (QED) is 0.337. The van der Waals surface area contributed by atoms with E-state index >= 15 is 0 Å². The van der Waals surface area contributed by atoms with Gasteiger partial charge in [-0.1, -0.05) is 61.9 Å². The third-order valence-corrected chi connectivity index (χ3v) is 6.41. The van der Waals surface area contributed by atoms with Gasteiger partial charge in [0.15, 0.2) is 6.04 Å². The number of carbonyl (C=O) groups is 4. The second-order valence-electron chi connectivity index (χ2n) is 9.07. The number of quaternary nitrogens is 1. The van der Waals surface area contributed by atoms with E-state index in [-0.39, 0.29) is 6.61 Å². The van der Waals surface area contributed by atoms with Gasteiger partial charge in [0.1, 0.15) is 13.0 Å². The van der Waals surface area contributed by atoms with Crippen molar-refractivity contribution < 1.29 is 33.9 Å². The van der Waals surface area contributed by atoms with Gasteiger partial charge in [-0.3, -0.25) is 14.4 Å². The molecule has 1 saturated heterocycles. The third-order valence-electron chi connectivity index (χ3n) is 6.41. The highest BCUT2D eigenvalue weighted by molar-refractivity contribution is 5.99. The number of ether oxygens (including phenoxy) is 1. The highest BCUT2D eigenvalue weighted by atomic mass is 16.5. The molecule has 1 fully saturated rings. The van der Waals surface area contributed by atoms with Crippen LogP contribution in [0.25, 0.3) is 0 Å². The molecule has 8 heteroatoms. The van der Waals surface area contributed by atoms with Crippen molar-refractivity contribution in [2.75, 3.05) is 26.2 Å². The monoisotopic (exact) mass is 499 g/mol. The lowest BCUT2D eigenvalue weighted by Gasteiger charge is -2.28. The molecule has 0 aromatic heterocycles. The minimum absolute atomic E-state index is 0.174. The number of esters is 1. The minimum atomic E-state index is -1.19. The summed E-state index contributed by atoms with van der Waals surface area (Å²) in [6.45, 7) is 7.14. The van der Waals surface area contributed by atoms with Crippen molar-refractivity contribution in [1.29, 1.82) is 0 Å². The van der Waals surface area contributed by atoms with E-state index in [4.69, 9.17) is 5.11 Å². The number of benzene rings is 1. The minimum Gasteiger partial charge on any atom is -0.479 e. The summed E-state index contributed by atoms with van der Waals surface area (Å²) in [6.07, 6.45) is 11.7. The number of piperidine rings is 1. The summed E-state index contributed by atoms with van der Waals surface area (Å²) in [4.78, 5) is 47.3. The Labute approximate surface area is 213 Å². The van der Waals surface area contributed by atoms with E-state index < -0.39 is 30.3 Å². The number of carbonyl (C=O) groups excluding carboxylic acids is 3. The number of aliphatic carboxylic acids is 1. The standard InChI is InChI=1S/C15H23NO.C13H15NO5/c1-2-13-8-10-16(11-9-13)12-15(17)14-6-4-3-5-7-14;1-2-19-11(16)8-10(15)14-12(13(17)18)9-6-4-3-5-7-9/h4,6-7,13H,2-3,5,8-12H2,1H3;3-7,12H,2,8H2,1H3,(H,14,15)(H,17,18)/p+1. The molecule has 1 heterocycles. The fourth-order valence-corrected chi connectivity index (χ4v) is 4.31. The molecule has 0 spiro atoms. The van der Waals surface area contributed by atoms with Crippen LogP contribution in [0.3, 0.4) is 0 Å². The normalized spacial score (nSPS) is 19.7. The summed E-state index contributed by atoms with van der Waals surface area (Å²) in [6, 6.07) is 7.07. The van der Waals surface area contributed by atoms with Crippen LogP contribution in [0.1, 0.15) is 64.0 Å². The molecule has 1 unspecified atom stereocenters. The molecule has 1 aromatic rings. The van der Waals surface area contributed by atoms with Crippen molar-refractivity contribution >= 4 is 23.6 Å². The fourth-order valence-electron chi connectivity index (χ4n) is 4.31.